The SMILES string of the molecule is COc1ccc([C@@H]2CNCCN2)c(Cl)c1OC.Cl. The second-order valence-corrected chi connectivity index (χ2v) is 4.29. The molecule has 0 radical (unpaired) electrons. The highest BCUT2D eigenvalue weighted by molar-refractivity contribution is 6.33. The van der Waals surface area contributed by atoms with Gasteiger partial charge >= 0.3 is 0 Å². The highest BCUT2D eigenvalue weighted by atomic mass is 35.5. The van der Waals surface area contributed by atoms with Gasteiger partial charge < -0.3 is 20.1 Å². The van der Waals surface area contributed by atoms with Gasteiger partial charge in [0.25, 0.3) is 0 Å². The predicted molar refractivity (Wildman–Crippen MR) is 75.4 cm³/mol. The van der Waals surface area contributed by atoms with Gasteiger partial charge in [0.05, 0.1) is 19.2 Å². The van der Waals surface area contributed by atoms with Gasteiger partial charge in [-0.3, -0.25) is 0 Å². The third-order valence-corrected chi connectivity index (χ3v) is 3.32. The van der Waals surface area contributed by atoms with Gasteiger partial charge in [-0.2, -0.15) is 0 Å². The molecule has 1 aliphatic rings. The van der Waals surface area contributed by atoms with Crippen LogP contribution in [0.5, 0.6) is 11.5 Å². The van der Waals surface area contributed by atoms with E-state index in [1.165, 1.54) is 0 Å². The Morgan fingerprint density at radius 3 is 2.56 bits per heavy atom. The highest BCUT2D eigenvalue weighted by Crippen LogP contribution is 2.39. The lowest BCUT2D eigenvalue weighted by atomic mass is 10.0. The first-order chi connectivity index (χ1) is 8.27. The average Bonchev–Trinajstić information content (AvgIpc) is 2.39. The van der Waals surface area contributed by atoms with E-state index in [2.05, 4.69) is 10.6 Å². The summed E-state index contributed by atoms with van der Waals surface area (Å²) < 4.78 is 10.5. The fourth-order valence-corrected chi connectivity index (χ4v) is 2.41. The fourth-order valence-electron chi connectivity index (χ4n) is 2.05. The Hall–Kier alpha value is -0.680. The van der Waals surface area contributed by atoms with Crippen LogP contribution in [0.15, 0.2) is 12.1 Å². The first kappa shape index (κ1) is 15.4. The van der Waals surface area contributed by atoms with E-state index in [0.717, 1.165) is 25.2 Å². The van der Waals surface area contributed by atoms with Crippen LogP contribution in [0, 0.1) is 0 Å². The van der Waals surface area contributed by atoms with E-state index in [1.807, 2.05) is 12.1 Å². The Morgan fingerprint density at radius 2 is 2.00 bits per heavy atom. The summed E-state index contributed by atoms with van der Waals surface area (Å²) in [6, 6.07) is 4.08. The van der Waals surface area contributed by atoms with Crippen molar-refractivity contribution in [2.75, 3.05) is 33.9 Å². The molecule has 0 aliphatic carbocycles. The molecule has 18 heavy (non-hydrogen) atoms. The molecule has 1 atom stereocenters. The highest BCUT2D eigenvalue weighted by Gasteiger charge is 2.21. The largest absolute Gasteiger partial charge is 0.493 e. The number of rotatable bonds is 3. The third kappa shape index (κ3) is 3.01. The Kier molecular flexibility index (Phi) is 6.02. The lowest BCUT2D eigenvalue weighted by Gasteiger charge is -2.26. The maximum Gasteiger partial charge on any atom is 0.179 e. The Labute approximate surface area is 118 Å². The summed E-state index contributed by atoms with van der Waals surface area (Å²) in [7, 11) is 3.20. The Balaban J connectivity index is 0.00000162. The molecule has 0 amide bonds. The average molecular weight is 293 g/mol. The van der Waals surface area contributed by atoms with Crippen molar-refractivity contribution in [1.29, 1.82) is 0 Å². The van der Waals surface area contributed by atoms with Gasteiger partial charge in [0.1, 0.15) is 0 Å². The summed E-state index contributed by atoms with van der Waals surface area (Å²) in [5.41, 5.74) is 1.04. The van der Waals surface area contributed by atoms with Crippen molar-refractivity contribution in [1.82, 2.24) is 10.6 Å². The van der Waals surface area contributed by atoms with Crippen LogP contribution in [0.25, 0.3) is 0 Å². The van der Waals surface area contributed by atoms with Gasteiger partial charge in [-0.05, 0) is 11.6 Å². The molecule has 0 unspecified atom stereocenters. The zero-order valence-corrected chi connectivity index (χ0v) is 12.0. The number of nitrogens with one attached hydrogen (secondary N) is 2. The van der Waals surface area contributed by atoms with Crippen molar-refractivity contribution in [3.8, 4) is 11.5 Å². The number of hydrogen-bond donors (Lipinski definition) is 2. The lowest BCUT2D eigenvalue weighted by molar-refractivity contribution is 0.353. The number of hydrogen-bond acceptors (Lipinski definition) is 4. The molecule has 0 bridgehead atoms. The molecule has 0 saturated carbocycles. The summed E-state index contributed by atoms with van der Waals surface area (Å²) in [4.78, 5) is 0. The molecular formula is C12H18Cl2N2O2. The summed E-state index contributed by atoms with van der Waals surface area (Å²) in [6.07, 6.45) is 0. The molecule has 2 N–H and O–H groups in total. The van der Waals surface area contributed by atoms with E-state index in [4.69, 9.17) is 21.1 Å². The zero-order valence-electron chi connectivity index (χ0n) is 10.5. The van der Waals surface area contributed by atoms with Crippen LogP contribution in [-0.2, 0) is 0 Å². The molecule has 0 spiro atoms. The molecular weight excluding hydrogens is 275 g/mol. The second-order valence-electron chi connectivity index (χ2n) is 3.92. The molecule has 1 aromatic carbocycles. The summed E-state index contributed by atoms with van der Waals surface area (Å²) in [6.45, 7) is 2.80. The van der Waals surface area contributed by atoms with E-state index in [9.17, 15) is 0 Å². The van der Waals surface area contributed by atoms with E-state index in [1.54, 1.807) is 14.2 Å². The van der Waals surface area contributed by atoms with Crippen molar-refractivity contribution in [2.45, 2.75) is 6.04 Å². The van der Waals surface area contributed by atoms with E-state index >= 15 is 0 Å². The van der Waals surface area contributed by atoms with Crippen LogP contribution in [0.4, 0.5) is 0 Å². The minimum atomic E-state index is 0. The standard InChI is InChI=1S/C12H17ClN2O2.ClH/c1-16-10-4-3-8(11(13)12(10)17-2)9-7-14-5-6-15-9;/h3-4,9,14-15H,5-7H2,1-2H3;1H/t9-;/m0./s1. The molecule has 0 aromatic heterocycles. The van der Waals surface area contributed by atoms with Crippen molar-refractivity contribution in [3.63, 3.8) is 0 Å². The van der Waals surface area contributed by atoms with Crippen molar-refractivity contribution in [3.05, 3.63) is 22.7 Å². The quantitative estimate of drug-likeness (QED) is 0.894. The first-order valence-electron chi connectivity index (χ1n) is 5.62. The fraction of sp³-hybridized carbons (Fsp3) is 0.500. The van der Waals surface area contributed by atoms with Gasteiger partial charge in [-0.25, -0.2) is 0 Å². The number of ether oxygens (including phenoxy) is 2. The molecule has 1 aliphatic heterocycles. The van der Waals surface area contributed by atoms with E-state index in [0.29, 0.717) is 16.5 Å². The van der Waals surface area contributed by atoms with Crippen LogP contribution < -0.4 is 20.1 Å². The monoisotopic (exact) mass is 292 g/mol. The van der Waals surface area contributed by atoms with Gasteiger partial charge in [-0.1, -0.05) is 17.7 Å². The molecule has 1 heterocycles. The normalized spacial score (nSPS) is 18.9. The molecule has 102 valence electrons. The van der Waals surface area contributed by atoms with Crippen LogP contribution in [0.3, 0.4) is 0 Å². The van der Waals surface area contributed by atoms with Crippen molar-refractivity contribution in [2.24, 2.45) is 0 Å². The maximum absolute atomic E-state index is 6.35. The van der Waals surface area contributed by atoms with Crippen molar-refractivity contribution < 1.29 is 9.47 Å². The summed E-state index contributed by atoms with van der Waals surface area (Å²) >= 11 is 6.35. The predicted octanol–water partition coefficient (Wildman–Crippen LogP) is 2.01. The smallest absolute Gasteiger partial charge is 0.179 e. The maximum atomic E-state index is 6.35. The van der Waals surface area contributed by atoms with Crippen LogP contribution in [0.1, 0.15) is 11.6 Å². The number of piperazine rings is 1. The van der Waals surface area contributed by atoms with E-state index < -0.39 is 0 Å². The lowest BCUT2D eigenvalue weighted by Crippen LogP contribution is -2.42. The van der Waals surface area contributed by atoms with Gasteiger partial charge in [0.15, 0.2) is 11.5 Å². The number of benzene rings is 1. The van der Waals surface area contributed by atoms with Crippen LogP contribution in [-0.4, -0.2) is 33.9 Å². The molecule has 1 saturated heterocycles. The Morgan fingerprint density at radius 1 is 1.22 bits per heavy atom. The van der Waals surface area contributed by atoms with Gasteiger partial charge in [0, 0.05) is 25.7 Å². The third-order valence-electron chi connectivity index (χ3n) is 2.93. The molecule has 1 aromatic rings. The molecule has 1 fully saturated rings. The minimum Gasteiger partial charge on any atom is -0.493 e. The van der Waals surface area contributed by atoms with E-state index in [-0.39, 0.29) is 18.4 Å². The topological polar surface area (TPSA) is 42.5 Å². The second kappa shape index (κ2) is 7.04. The minimum absolute atomic E-state index is 0. The summed E-state index contributed by atoms with van der Waals surface area (Å²) in [5, 5.41) is 7.37. The van der Waals surface area contributed by atoms with Crippen LogP contribution in [0.2, 0.25) is 5.02 Å². The molecule has 4 nitrogen and oxygen atoms in total. The van der Waals surface area contributed by atoms with Crippen molar-refractivity contribution >= 4 is 24.0 Å². The van der Waals surface area contributed by atoms with Crippen LogP contribution >= 0.6 is 24.0 Å². The van der Waals surface area contributed by atoms with Gasteiger partial charge in [0.2, 0.25) is 0 Å². The molecule has 6 heteroatoms. The summed E-state index contributed by atoms with van der Waals surface area (Å²) in [5.74, 6) is 1.25. The first-order valence-corrected chi connectivity index (χ1v) is 6.00. The number of halogens is 2. The zero-order chi connectivity index (χ0) is 12.3. The number of methoxy groups -OCH3 is 2. The van der Waals surface area contributed by atoms with Gasteiger partial charge in [-0.15, -0.1) is 12.4 Å². The Bertz CT molecular complexity index is 396. The molecule has 2 rings (SSSR count).